The van der Waals surface area contributed by atoms with Gasteiger partial charge in [-0.1, -0.05) is 19.1 Å². The molecule has 2 rings (SSSR count). The van der Waals surface area contributed by atoms with Crippen molar-refractivity contribution in [3.63, 3.8) is 0 Å². The zero-order valence-corrected chi connectivity index (χ0v) is 12.2. The second kappa shape index (κ2) is 5.65. The SMILES string of the molecule is Cc1cccc(C(=O)N(C[C@H](C)C(=O)O)C2CC2)c1C. The van der Waals surface area contributed by atoms with Crippen LogP contribution in [0.5, 0.6) is 0 Å². The predicted octanol–water partition coefficient (Wildman–Crippen LogP) is 2.63. The van der Waals surface area contributed by atoms with E-state index in [-0.39, 0.29) is 18.5 Å². The quantitative estimate of drug-likeness (QED) is 0.898. The molecule has 0 spiro atoms. The molecule has 1 amide bonds. The van der Waals surface area contributed by atoms with Crippen molar-refractivity contribution in [2.75, 3.05) is 6.54 Å². The van der Waals surface area contributed by atoms with Gasteiger partial charge in [0.2, 0.25) is 0 Å². The van der Waals surface area contributed by atoms with Crippen LogP contribution in [0.1, 0.15) is 41.3 Å². The number of carbonyl (C=O) groups excluding carboxylic acids is 1. The molecule has 1 aliphatic rings. The second-order valence-corrected chi connectivity index (χ2v) is 5.68. The van der Waals surface area contributed by atoms with Gasteiger partial charge in [0.15, 0.2) is 0 Å². The molecule has 0 saturated heterocycles. The number of carboxylic acid groups (broad SMARTS) is 1. The van der Waals surface area contributed by atoms with Gasteiger partial charge in [-0.05, 0) is 43.9 Å². The minimum atomic E-state index is -0.857. The maximum Gasteiger partial charge on any atom is 0.308 e. The summed E-state index contributed by atoms with van der Waals surface area (Å²) in [6.45, 7) is 5.85. The van der Waals surface area contributed by atoms with Gasteiger partial charge in [0.1, 0.15) is 0 Å². The fraction of sp³-hybridized carbons (Fsp3) is 0.500. The van der Waals surface area contributed by atoms with Gasteiger partial charge in [-0.2, -0.15) is 0 Å². The lowest BCUT2D eigenvalue weighted by Gasteiger charge is -2.25. The second-order valence-electron chi connectivity index (χ2n) is 5.68. The molecule has 0 aliphatic heterocycles. The number of rotatable bonds is 5. The third-order valence-electron chi connectivity index (χ3n) is 3.98. The van der Waals surface area contributed by atoms with Crippen molar-refractivity contribution >= 4 is 11.9 Å². The van der Waals surface area contributed by atoms with Gasteiger partial charge < -0.3 is 10.0 Å². The van der Waals surface area contributed by atoms with Crippen LogP contribution < -0.4 is 0 Å². The van der Waals surface area contributed by atoms with Crippen molar-refractivity contribution in [2.24, 2.45) is 5.92 Å². The summed E-state index contributed by atoms with van der Waals surface area (Å²) < 4.78 is 0. The summed E-state index contributed by atoms with van der Waals surface area (Å²) in [6, 6.07) is 5.89. The van der Waals surface area contributed by atoms with Crippen LogP contribution >= 0.6 is 0 Å². The molecule has 4 nitrogen and oxygen atoms in total. The molecule has 4 heteroatoms. The maximum absolute atomic E-state index is 12.7. The first kappa shape index (κ1) is 14.6. The number of benzene rings is 1. The van der Waals surface area contributed by atoms with E-state index in [0.29, 0.717) is 5.56 Å². The third kappa shape index (κ3) is 3.00. The van der Waals surface area contributed by atoms with E-state index >= 15 is 0 Å². The standard InChI is InChI=1S/C16H21NO3/c1-10-5-4-6-14(12(10)3)15(18)17(13-7-8-13)9-11(2)16(19)20/h4-6,11,13H,7-9H2,1-3H3,(H,19,20)/t11-/m0/s1. The van der Waals surface area contributed by atoms with E-state index in [2.05, 4.69) is 0 Å². The van der Waals surface area contributed by atoms with Crippen molar-refractivity contribution in [3.8, 4) is 0 Å². The number of hydrogen-bond donors (Lipinski definition) is 1. The topological polar surface area (TPSA) is 57.6 Å². The largest absolute Gasteiger partial charge is 0.481 e. The lowest BCUT2D eigenvalue weighted by Crippen LogP contribution is -2.38. The number of aryl methyl sites for hydroxylation is 1. The monoisotopic (exact) mass is 275 g/mol. The Hall–Kier alpha value is -1.84. The number of aliphatic carboxylic acids is 1. The van der Waals surface area contributed by atoms with Gasteiger partial charge in [-0.25, -0.2) is 0 Å². The molecule has 0 unspecified atom stereocenters. The van der Waals surface area contributed by atoms with E-state index in [4.69, 9.17) is 5.11 Å². The Morgan fingerprint density at radius 3 is 2.55 bits per heavy atom. The van der Waals surface area contributed by atoms with Gasteiger partial charge >= 0.3 is 5.97 Å². The molecule has 1 saturated carbocycles. The summed E-state index contributed by atoms with van der Waals surface area (Å²) in [4.78, 5) is 25.4. The van der Waals surface area contributed by atoms with E-state index in [1.54, 1.807) is 11.8 Å². The zero-order valence-electron chi connectivity index (χ0n) is 12.2. The van der Waals surface area contributed by atoms with Gasteiger partial charge in [0, 0.05) is 18.2 Å². The fourth-order valence-electron chi connectivity index (χ4n) is 2.29. The van der Waals surface area contributed by atoms with Crippen molar-refractivity contribution in [2.45, 2.75) is 39.7 Å². The smallest absolute Gasteiger partial charge is 0.308 e. The maximum atomic E-state index is 12.7. The Labute approximate surface area is 119 Å². The molecule has 20 heavy (non-hydrogen) atoms. The van der Waals surface area contributed by atoms with Gasteiger partial charge in [-0.3, -0.25) is 9.59 Å². The Bertz CT molecular complexity index is 535. The van der Waals surface area contributed by atoms with Crippen molar-refractivity contribution < 1.29 is 14.7 Å². The van der Waals surface area contributed by atoms with Crippen molar-refractivity contribution in [3.05, 3.63) is 34.9 Å². The van der Waals surface area contributed by atoms with Gasteiger partial charge in [0.05, 0.1) is 5.92 Å². The highest BCUT2D eigenvalue weighted by Crippen LogP contribution is 2.30. The average molecular weight is 275 g/mol. The van der Waals surface area contributed by atoms with E-state index in [1.807, 2.05) is 32.0 Å². The molecular formula is C16H21NO3. The van der Waals surface area contributed by atoms with Crippen LogP contribution in [0.2, 0.25) is 0 Å². The molecular weight excluding hydrogens is 254 g/mol. The third-order valence-corrected chi connectivity index (χ3v) is 3.98. The highest BCUT2D eigenvalue weighted by atomic mass is 16.4. The molecule has 1 fully saturated rings. The summed E-state index contributed by atoms with van der Waals surface area (Å²) in [5.41, 5.74) is 2.75. The molecule has 0 heterocycles. The van der Waals surface area contributed by atoms with Crippen LogP contribution in [0.4, 0.5) is 0 Å². The molecule has 0 bridgehead atoms. The van der Waals surface area contributed by atoms with Crippen molar-refractivity contribution in [1.29, 1.82) is 0 Å². The van der Waals surface area contributed by atoms with Gasteiger partial charge in [0.25, 0.3) is 5.91 Å². The Morgan fingerprint density at radius 2 is 2.00 bits per heavy atom. The van der Waals surface area contributed by atoms with Crippen LogP contribution in [0.15, 0.2) is 18.2 Å². The fourth-order valence-corrected chi connectivity index (χ4v) is 2.29. The predicted molar refractivity (Wildman–Crippen MR) is 76.8 cm³/mol. The van der Waals surface area contributed by atoms with Crippen LogP contribution in [0.25, 0.3) is 0 Å². The summed E-state index contributed by atoms with van der Waals surface area (Å²) >= 11 is 0. The van der Waals surface area contributed by atoms with Crippen molar-refractivity contribution in [1.82, 2.24) is 4.90 Å². The number of nitrogens with zero attached hydrogens (tertiary/aromatic N) is 1. The first-order valence-electron chi connectivity index (χ1n) is 7.01. The Kier molecular flexibility index (Phi) is 4.12. The first-order chi connectivity index (χ1) is 9.41. The van der Waals surface area contributed by atoms with Crippen LogP contribution in [-0.2, 0) is 4.79 Å². The van der Waals surface area contributed by atoms with Gasteiger partial charge in [-0.15, -0.1) is 0 Å². The van der Waals surface area contributed by atoms with E-state index < -0.39 is 11.9 Å². The first-order valence-corrected chi connectivity index (χ1v) is 7.01. The lowest BCUT2D eigenvalue weighted by atomic mass is 10.0. The van der Waals surface area contributed by atoms with E-state index in [9.17, 15) is 9.59 Å². The van der Waals surface area contributed by atoms with Crippen LogP contribution in [0, 0.1) is 19.8 Å². The van der Waals surface area contributed by atoms with E-state index in [0.717, 1.165) is 24.0 Å². The molecule has 1 aromatic rings. The molecule has 108 valence electrons. The molecule has 1 aliphatic carbocycles. The molecule has 1 N–H and O–H groups in total. The average Bonchev–Trinajstić information content (AvgIpc) is 3.22. The van der Waals surface area contributed by atoms with Crippen LogP contribution in [0.3, 0.4) is 0 Å². The normalized spacial score (nSPS) is 15.8. The lowest BCUT2D eigenvalue weighted by molar-refractivity contribution is -0.141. The summed E-state index contributed by atoms with van der Waals surface area (Å²) in [6.07, 6.45) is 1.95. The summed E-state index contributed by atoms with van der Waals surface area (Å²) in [5.74, 6) is -1.43. The minimum absolute atomic E-state index is 0.0400. The Morgan fingerprint density at radius 1 is 1.35 bits per heavy atom. The zero-order chi connectivity index (χ0) is 14.9. The molecule has 0 aromatic heterocycles. The highest BCUT2D eigenvalue weighted by molar-refractivity contribution is 5.96. The highest BCUT2D eigenvalue weighted by Gasteiger charge is 2.35. The molecule has 1 aromatic carbocycles. The molecule has 0 radical (unpaired) electrons. The Balaban J connectivity index is 2.23. The number of carbonyl (C=O) groups is 2. The number of hydrogen-bond acceptors (Lipinski definition) is 2. The number of carboxylic acids is 1. The van der Waals surface area contributed by atoms with Crippen LogP contribution in [-0.4, -0.2) is 34.5 Å². The molecule has 1 atom stereocenters. The number of amides is 1. The summed E-state index contributed by atoms with van der Waals surface area (Å²) in [5, 5.41) is 9.05. The van der Waals surface area contributed by atoms with E-state index in [1.165, 1.54) is 0 Å². The summed E-state index contributed by atoms with van der Waals surface area (Å²) in [7, 11) is 0. The minimum Gasteiger partial charge on any atom is -0.481 e.